The van der Waals surface area contributed by atoms with Gasteiger partial charge in [0.1, 0.15) is 0 Å². The molecule has 2 aliphatic heterocycles. The zero-order valence-corrected chi connectivity index (χ0v) is 22.7. The van der Waals surface area contributed by atoms with Crippen molar-refractivity contribution in [2.75, 3.05) is 67.0 Å². The fourth-order valence-electron chi connectivity index (χ4n) is 4.59. The highest BCUT2D eigenvalue weighted by atomic mass is 127. The van der Waals surface area contributed by atoms with E-state index in [9.17, 15) is 4.79 Å². The van der Waals surface area contributed by atoms with Crippen LogP contribution in [0.1, 0.15) is 36.9 Å². The minimum absolute atomic E-state index is 0. The summed E-state index contributed by atoms with van der Waals surface area (Å²) in [5.41, 5.74) is 2.58. The lowest BCUT2D eigenvalue weighted by Gasteiger charge is -2.40. The lowest BCUT2D eigenvalue weighted by Crippen LogP contribution is -2.57. The number of piperazine rings is 1. The Hall–Kier alpha value is -1.39. The SMILES string of the molecule is CN=C(NCC(c1ccc(C)cc1)N(C)C)N1CCN(C(C)C(=O)N2CCCC2)CC1.I. The fourth-order valence-corrected chi connectivity index (χ4v) is 4.59. The van der Waals surface area contributed by atoms with E-state index < -0.39 is 0 Å². The molecule has 3 rings (SSSR count). The Morgan fingerprint density at radius 3 is 2.16 bits per heavy atom. The van der Waals surface area contributed by atoms with Crippen molar-refractivity contribution in [1.29, 1.82) is 0 Å². The number of hydrogen-bond donors (Lipinski definition) is 1. The zero-order chi connectivity index (χ0) is 22.4. The van der Waals surface area contributed by atoms with Crippen molar-refractivity contribution in [3.63, 3.8) is 0 Å². The number of aliphatic imine (C=N–C) groups is 1. The molecule has 0 saturated carbocycles. The van der Waals surface area contributed by atoms with Gasteiger partial charge in [-0.3, -0.25) is 14.7 Å². The molecule has 8 heteroatoms. The Morgan fingerprint density at radius 2 is 1.62 bits per heavy atom. The molecule has 180 valence electrons. The number of aryl methyl sites for hydroxylation is 1. The van der Waals surface area contributed by atoms with E-state index in [1.165, 1.54) is 11.1 Å². The van der Waals surface area contributed by atoms with Gasteiger partial charge in [-0.1, -0.05) is 29.8 Å². The molecule has 1 aromatic rings. The second-order valence-corrected chi connectivity index (χ2v) is 9.05. The van der Waals surface area contributed by atoms with Gasteiger partial charge in [0.2, 0.25) is 5.91 Å². The van der Waals surface area contributed by atoms with Gasteiger partial charge in [0.05, 0.1) is 12.1 Å². The molecule has 32 heavy (non-hydrogen) atoms. The summed E-state index contributed by atoms with van der Waals surface area (Å²) in [6, 6.07) is 9.01. The molecule has 2 saturated heterocycles. The number of nitrogens with one attached hydrogen (secondary N) is 1. The summed E-state index contributed by atoms with van der Waals surface area (Å²) in [6.07, 6.45) is 2.29. The first kappa shape index (κ1) is 26.9. The van der Waals surface area contributed by atoms with Gasteiger partial charge in [-0.25, -0.2) is 0 Å². The molecule has 2 atom stereocenters. The van der Waals surface area contributed by atoms with E-state index in [1.807, 2.05) is 11.9 Å². The van der Waals surface area contributed by atoms with Crippen LogP contribution in [0.5, 0.6) is 0 Å². The van der Waals surface area contributed by atoms with Crippen molar-refractivity contribution in [3.8, 4) is 0 Å². The van der Waals surface area contributed by atoms with E-state index in [-0.39, 0.29) is 36.1 Å². The highest BCUT2D eigenvalue weighted by molar-refractivity contribution is 14.0. The lowest BCUT2D eigenvalue weighted by atomic mass is 10.0. The van der Waals surface area contributed by atoms with Gasteiger partial charge in [0, 0.05) is 52.9 Å². The van der Waals surface area contributed by atoms with Crippen molar-refractivity contribution in [2.45, 2.75) is 38.8 Å². The van der Waals surface area contributed by atoms with Crippen LogP contribution in [0.4, 0.5) is 0 Å². The number of likely N-dealkylation sites (N-methyl/N-ethyl adjacent to an activating group) is 1. The molecule has 2 fully saturated rings. The molecule has 2 heterocycles. The number of amides is 1. The standard InChI is InChI=1S/C24H40N6O.HI/c1-19-8-10-21(11-9-19)22(27(4)5)18-26-24(25-3)30-16-14-28(15-17-30)20(2)23(31)29-12-6-7-13-29;/h8-11,20,22H,6-7,12-18H2,1-5H3,(H,25,26);1H. The average molecular weight is 557 g/mol. The number of guanidine groups is 1. The maximum Gasteiger partial charge on any atom is 0.239 e. The van der Waals surface area contributed by atoms with E-state index in [0.717, 1.165) is 64.6 Å². The summed E-state index contributed by atoms with van der Waals surface area (Å²) in [6.45, 7) is 10.4. The minimum Gasteiger partial charge on any atom is -0.354 e. The van der Waals surface area contributed by atoms with Gasteiger partial charge in [-0.05, 0) is 46.3 Å². The summed E-state index contributed by atoms with van der Waals surface area (Å²) in [5, 5.41) is 3.59. The molecular weight excluding hydrogens is 515 g/mol. The molecular formula is C24H41IN6O. The molecule has 0 aliphatic carbocycles. The van der Waals surface area contributed by atoms with Crippen LogP contribution in [0.25, 0.3) is 0 Å². The molecule has 0 spiro atoms. The largest absolute Gasteiger partial charge is 0.354 e. The highest BCUT2D eigenvalue weighted by Gasteiger charge is 2.30. The van der Waals surface area contributed by atoms with Crippen molar-refractivity contribution in [2.24, 2.45) is 4.99 Å². The number of benzene rings is 1. The van der Waals surface area contributed by atoms with E-state index in [1.54, 1.807) is 0 Å². The van der Waals surface area contributed by atoms with Crippen molar-refractivity contribution < 1.29 is 4.79 Å². The Morgan fingerprint density at radius 1 is 1.03 bits per heavy atom. The van der Waals surface area contributed by atoms with Crippen LogP contribution < -0.4 is 5.32 Å². The van der Waals surface area contributed by atoms with Crippen molar-refractivity contribution in [1.82, 2.24) is 24.9 Å². The van der Waals surface area contributed by atoms with E-state index in [2.05, 4.69) is 77.2 Å². The van der Waals surface area contributed by atoms with Gasteiger partial charge in [-0.15, -0.1) is 24.0 Å². The lowest BCUT2D eigenvalue weighted by molar-refractivity contribution is -0.135. The van der Waals surface area contributed by atoms with Crippen LogP contribution in [0.3, 0.4) is 0 Å². The molecule has 7 nitrogen and oxygen atoms in total. The summed E-state index contributed by atoms with van der Waals surface area (Å²) >= 11 is 0. The maximum absolute atomic E-state index is 12.7. The molecule has 1 aromatic carbocycles. The third-order valence-electron chi connectivity index (χ3n) is 6.69. The van der Waals surface area contributed by atoms with Crippen LogP contribution in [-0.2, 0) is 4.79 Å². The number of carbonyl (C=O) groups is 1. The van der Waals surface area contributed by atoms with Gasteiger partial charge in [0.25, 0.3) is 0 Å². The Kier molecular flexibility index (Phi) is 10.7. The van der Waals surface area contributed by atoms with Gasteiger partial charge >= 0.3 is 0 Å². The van der Waals surface area contributed by atoms with Gasteiger partial charge in [0.15, 0.2) is 5.96 Å². The monoisotopic (exact) mass is 556 g/mol. The van der Waals surface area contributed by atoms with Crippen molar-refractivity contribution in [3.05, 3.63) is 35.4 Å². The molecule has 1 amide bonds. The number of rotatable bonds is 6. The highest BCUT2D eigenvalue weighted by Crippen LogP contribution is 2.18. The number of carbonyl (C=O) groups excluding carboxylic acids is 1. The van der Waals surface area contributed by atoms with E-state index in [4.69, 9.17) is 0 Å². The summed E-state index contributed by atoms with van der Waals surface area (Å²) in [7, 11) is 6.09. The molecule has 2 aliphatic rings. The predicted octanol–water partition coefficient (Wildman–Crippen LogP) is 2.42. The first-order valence-electron chi connectivity index (χ1n) is 11.6. The molecule has 0 bridgehead atoms. The van der Waals surface area contributed by atoms with Crippen LogP contribution >= 0.6 is 24.0 Å². The molecule has 0 radical (unpaired) electrons. The number of hydrogen-bond acceptors (Lipinski definition) is 4. The second-order valence-electron chi connectivity index (χ2n) is 9.05. The number of halogens is 1. The summed E-state index contributed by atoms with van der Waals surface area (Å²) in [5.74, 6) is 1.23. The van der Waals surface area contributed by atoms with Crippen LogP contribution in [0, 0.1) is 6.92 Å². The van der Waals surface area contributed by atoms with Crippen LogP contribution in [0.2, 0.25) is 0 Å². The second kappa shape index (κ2) is 12.7. The minimum atomic E-state index is -0.0325. The van der Waals surface area contributed by atoms with Crippen LogP contribution in [-0.4, -0.2) is 104 Å². The molecule has 2 unspecified atom stereocenters. The molecule has 1 N–H and O–H groups in total. The topological polar surface area (TPSA) is 54.4 Å². The number of likely N-dealkylation sites (tertiary alicyclic amines) is 1. The smallest absolute Gasteiger partial charge is 0.239 e. The first-order chi connectivity index (χ1) is 14.9. The third-order valence-corrected chi connectivity index (χ3v) is 6.69. The zero-order valence-electron chi connectivity index (χ0n) is 20.4. The Bertz CT molecular complexity index is 739. The van der Waals surface area contributed by atoms with Crippen LogP contribution in [0.15, 0.2) is 29.3 Å². The quantitative estimate of drug-likeness (QED) is 0.332. The summed E-state index contributed by atoms with van der Waals surface area (Å²) < 4.78 is 0. The van der Waals surface area contributed by atoms with Gasteiger partial charge < -0.3 is 20.0 Å². The Balaban J connectivity index is 0.00000363. The van der Waals surface area contributed by atoms with Crippen molar-refractivity contribution >= 4 is 35.8 Å². The van der Waals surface area contributed by atoms with E-state index in [0.29, 0.717) is 5.91 Å². The number of nitrogens with zero attached hydrogens (tertiary/aromatic N) is 5. The van der Waals surface area contributed by atoms with E-state index >= 15 is 0 Å². The van der Waals surface area contributed by atoms with Gasteiger partial charge in [-0.2, -0.15) is 0 Å². The maximum atomic E-state index is 12.7. The average Bonchev–Trinajstić information content (AvgIpc) is 3.32. The normalized spacial score (nSPS) is 19.6. The fraction of sp³-hybridized carbons (Fsp3) is 0.667. The Labute approximate surface area is 211 Å². The predicted molar refractivity (Wildman–Crippen MR) is 143 cm³/mol. The summed E-state index contributed by atoms with van der Waals surface area (Å²) in [4.78, 5) is 26.2. The first-order valence-corrected chi connectivity index (χ1v) is 11.6. The third kappa shape index (κ3) is 6.81. The molecule has 0 aromatic heterocycles.